The highest BCUT2D eigenvalue weighted by Crippen LogP contribution is 2.29. The molecular formula is C18H21ClF3N5O2. The molecule has 1 amide bonds. The fourth-order valence-corrected chi connectivity index (χ4v) is 3.77. The molecule has 11 heteroatoms. The summed E-state index contributed by atoms with van der Waals surface area (Å²) in [7, 11) is 0. The van der Waals surface area contributed by atoms with E-state index >= 15 is 0 Å². The van der Waals surface area contributed by atoms with Crippen molar-refractivity contribution in [3.63, 3.8) is 0 Å². The van der Waals surface area contributed by atoms with Crippen molar-refractivity contribution < 1.29 is 22.7 Å². The lowest BCUT2D eigenvalue weighted by molar-refractivity contribution is -0.274. The Morgan fingerprint density at radius 1 is 1.17 bits per heavy atom. The molecule has 1 aromatic carbocycles. The second-order valence-electron chi connectivity index (χ2n) is 6.94. The largest absolute Gasteiger partial charge is 0.573 e. The van der Waals surface area contributed by atoms with Crippen molar-refractivity contribution in [2.24, 2.45) is 0 Å². The fraction of sp³-hybridized carbons (Fsp3) is 0.500. The predicted molar refractivity (Wildman–Crippen MR) is 100.0 cm³/mol. The highest BCUT2D eigenvalue weighted by atomic mass is 35.5. The minimum Gasteiger partial charge on any atom is -0.406 e. The van der Waals surface area contributed by atoms with Crippen LogP contribution in [0.25, 0.3) is 0 Å². The summed E-state index contributed by atoms with van der Waals surface area (Å²) >= 11 is 0. The molecule has 158 valence electrons. The van der Waals surface area contributed by atoms with Crippen molar-refractivity contribution >= 4 is 18.3 Å². The Labute approximate surface area is 171 Å². The van der Waals surface area contributed by atoms with Crippen LogP contribution in [0.3, 0.4) is 0 Å². The Morgan fingerprint density at radius 2 is 1.93 bits per heavy atom. The van der Waals surface area contributed by atoms with Gasteiger partial charge in [-0.2, -0.15) is 0 Å². The molecule has 1 saturated heterocycles. The molecule has 29 heavy (non-hydrogen) atoms. The Morgan fingerprint density at radius 3 is 2.66 bits per heavy atom. The summed E-state index contributed by atoms with van der Waals surface area (Å²) in [5.74, 6) is 1.43. The molecule has 0 aliphatic carbocycles. The number of likely N-dealkylation sites (tertiary alicyclic amines) is 1. The Kier molecular flexibility index (Phi) is 6.33. The molecule has 3 heterocycles. The van der Waals surface area contributed by atoms with Crippen LogP contribution in [0, 0.1) is 0 Å². The lowest BCUT2D eigenvalue weighted by Crippen LogP contribution is -2.39. The van der Waals surface area contributed by atoms with Crippen LogP contribution in [0.1, 0.15) is 40.8 Å². The number of nitrogens with one attached hydrogen (secondary N) is 1. The van der Waals surface area contributed by atoms with Gasteiger partial charge in [-0.3, -0.25) is 4.79 Å². The van der Waals surface area contributed by atoms with Gasteiger partial charge in [-0.05, 0) is 31.0 Å². The Balaban J connectivity index is 0.00000240. The number of halogens is 4. The SMILES string of the molecule is Cl.O=C(c1cccc(OC(F)(F)F)c1)N1CCC(c2nnc3n2CCNC3)CC1. The van der Waals surface area contributed by atoms with Gasteiger partial charge in [0.1, 0.15) is 17.4 Å². The van der Waals surface area contributed by atoms with Crippen molar-refractivity contribution in [1.82, 2.24) is 25.0 Å². The first-order valence-corrected chi connectivity index (χ1v) is 9.18. The molecule has 1 aromatic heterocycles. The van der Waals surface area contributed by atoms with Crippen molar-refractivity contribution in [2.45, 2.75) is 38.2 Å². The normalized spacial score (nSPS) is 17.4. The summed E-state index contributed by atoms with van der Waals surface area (Å²) in [5, 5.41) is 11.8. The van der Waals surface area contributed by atoms with Crippen LogP contribution >= 0.6 is 12.4 Å². The van der Waals surface area contributed by atoms with E-state index in [9.17, 15) is 18.0 Å². The number of carbonyl (C=O) groups excluding carboxylic acids is 1. The molecule has 0 radical (unpaired) electrons. The zero-order valence-electron chi connectivity index (χ0n) is 15.5. The van der Waals surface area contributed by atoms with Crippen molar-refractivity contribution in [1.29, 1.82) is 0 Å². The number of fused-ring (bicyclic) bond motifs is 1. The number of alkyl halides is 3. The molecule has 0 spiro atoms. The number of aromatic nitrogens is 3. The van der Waals surface area contributed by atoms with Crippen LogP contribution in [0.15, 0.2) is 24.3 Å². The van der Waals surface area contributed by atoms with Gasteiger partial charge in [0.2, 0.25) is 0 Å². The van der Waals surface area contributed by atoms with Crippen molar-refractivity contribution in [2.75, 3.05) is 19.6 Å². The van der Waals surface area contributed by atoms with Crippen molar-refractivity contribution in [3.05, 3.63) is 41.5 Å². The Hall–Kier alpha value is -2.33. The number of piperidine rings is 1. The number of carbonyl (C=O) groups is 1. The molecule has 0 atom stereocenters. The molecule has 0 saturated carbocycles. The lowest BCUT2D eigenvalue weighted by atomic mass is 9.95. The molecular weight excluding hydrogens is 411 g/mol. The lowest BCUT2D eigenvalue weighted by Gasteiger charge is -2.32. The topological polar surface area (TPSA) is 72.3 Å². The highest BCUT2D eigenvalue weighted by Gasteiger charge is 2.32. The second-order valence-corrected chi connectivity index (χ2v) is 6.94. The number of amides is 1. The third-order valence-corrected chi connectivity index (χ3v) is 5.11. The van der Waals surface area contributed by atoms with Gasteiger partial charge in [-0.25, -0.2) is 0 Å². The average Bonchev–Trinajstić information content (AvgIpc) is 3.10. The number of nitrogens with zero attached hydrogens (tertiary/aromatic N) is 4. The van der Waals surface area contributed by atoms with E-state index in [0.29, 0.717) is 19.6 Å². The van der Waals surface area contributed by atoms with Gasteiger partial charge in [-0.1, -0.05) is 6.07 Å². The van der Waals surface area contributed by atoms with E-state index in [1.807, 2.05) is 0 Å². The second kappa shape index (κ2) is 8.58. The first-order chi connectivity index (χ1) is 13.4. The van der Waals surface area contributed by atoms with Gasteiger partial charge in [0.25, 0.3) is 5.91 Å². The maximum Gasteiger partial charge on any atom is 0.573 e. The van der Waals surface area contributed by atoms with Gasteiger partial charge >= 0.3 is 6.36 Å². The molecule has 2 aliphatic rings. The summed E-state index contributed by atoms with van der Waals surface area (Å²) in [6.45, 7) is 3.47. The smallest absolute Gasteiger partial charge is 0.406 e. The zero-order chi connectivity index (χ0) is 19.7. The summed E-state index contributed by atoms with van der Waals surface area (Å²) in [4.78, 5) is 14.4. The summed E-state index contributed by atoms with van der Waals surface area (Å²) in [6, 6.07) is 5.20. The van der Waals surface area contributed by atoms with Gasteiger partial charge in [0.05, 0.1) is 6.54 Å². The summed E-state index contributed by atoms with van der Waals surface area (Å²) in [6.07, 6.45) is -3.29. The van der Waals surface area contributed by atoms with Crippen LogP contribution in [0.4, 0.5) is 13.2 Å². The van der Waals surface area contributed by atoms with Gasteiger partial charge in [0, 0.05) is 37.7 Å². The maximum absolute atomic E-state index is 12.7. The number of hydrogen-bond acceptors (Lipinski definition) is 5. The number of ether oxygens (including phenoxy) is 1. The van der Waals surface area contributed by atoms with E-state index in [0.717, 1.165) is 43.6 Å². The molecule has 0 bridgehead atoms. The fourth-order valence-electron chi connectivity index (χ4n) is 3.77. The summed E-state index contributed by atoms with van der Waals surface area (Å²) < 4.78 is 43.2. The number of rotatable bonds is 3. The van der Waals surface area contributed by atoms with E-state index in [-0.39, 0.29) is 29.8 Å². The van der Waals surface area contributed by atoms with Crippen LogP contribution < -0.4 is 10.1 Å². The molecule has 1 fully saturated rings. The number of hydrogen-bond donors (Lipinski definition) is 1. The van der Waals surface area contributed by atoms with E-state index in [1.54, 1.807) is 4.90 Å². The van der Waals surface area contributed by atoms with Crippen LogP contribution in [-0.2, 0) is 13.1 Å². The monoisotopic (exact) mass is 431 g/mol. The quantitative estimate of drug-likeness (QED) is 0.809. The highest BCUT2D eigenvalue weighted by molar-refractivity contribution is 5.94. The third kappa shape index (κ3) is 4.81. The van der Waals surface area contributed by atoms with E-state index in [4.69, 9.17) is 0 Å². The molecule has 7 nitrogen and oxygen atoms in total. The van der Waals surface area contributed by atoms with Gasteiger partial charge in [0.15, 0.2) is 0 Å². The predicted octanol–water partition coefficient (Wildman–Crippen LogP) is 2.72. The van der Waals surface area contributed by atoms with Gasteiger partial charge < -0.3 is 19.5 Å². The van der Waals surface area contributed by atoms with Gasteiger partial charge in [-0.15, -0.1) is 35.8 Å². The molecule has 2 aliphatic heterocycles. The first kappa shape index (κ1) is 21.4. The minimum absolute atomic E-state index is 0. The van der Waals surface area contributed by atoms with Crippen LogP contribution in [0.5, 0.6) is 5.75 Å². The standard InChI is InChI=1S/C18H20F3N5O2.ClH/c19-18(20,21)28-14-3-1-2-13(10-14)17(27)25-7-4-12(5-8-25)16-24-23-15-11-22-6-9-26(15)16;/h1-3,10,12,22H,4-9,11H2;1H. The Bertz CT molecular complexity index is 865. The number of benzene rings is 1. The zero-order valence-corrected chi connectivity index (χ0v) is 16.3. The molecule has 4 rings (SSSR count). The minimum atomic E-state index is -4.78. The van der Waals surface area contributed by atoms with E-state index in [1.165, 1.54) is 18.2 Å². The first-order valence-electron chi connectivity index (χ1n) is 9.18. The van der Waals surface area contributed by atoms with E-state index in [2.05, 4.69) is 24.8 Å². The summed E-state index contributed by atoms with van der Waals surface area (Å²) in [5.41, 5.74) is 0.186. The van der Waals surface area contributed by atoms with E-state index < -0.39 is 12.1 Å². The van der Waals surface area contributed by atoms with Crippen LogP contribution in [0.2, 0.25) is 0 Å². The maximum atomic E-state index is 12.7. The average molecular weight is 432 g/mol. The van der Waals surface area contributed by atoms with Crippen LogP contribution in [-0.4, -0.2) is 51.6 Å². The molecule has 2 aromatic rings. The van der Waals surface area contributed by atoms with Crippen molar-refractivity contribution in [3.8, 4) is 5.75 Å². The third-order valence-electron chi connectivity index (χ3n) is 5.11. The molecule has 0 unspecified atom stereocenters. The molecule has 1 N–H and O–H groups in total.